The minimum absolute atomic E-state index is 0.580. The summed E-state index contributed by atoms with van der Waals surface area (Å²) in [5.74, 6) is 5.31. The van der Waals surface area contributed by atoms with Gasteiger partial charge in [0.1, 0.15) is 0 Å². The second-order valence-corrected chi connectivity index (χ2v) is 5.25. The second-order valence-electron chi connectivity index (χ2n) is 4.02. The summed E-state index contributed by atoms with van der Waals surface area (Å²) >= 11 is 17.2. The normalized spacial score (nSPS) is 15.7. The lowest BCUT2D eigenvalue weighted by molar-refractivity contribution is 0.381. The van der Waals surface area contributed by atoms with Gasteiger partial charge >= 0.3 is 0 Å². The first-order valence-electron chi connectivity index (χ1n) is 5.57. The molecule has 0 bridgehead atoms. The maximum atomic E-state index is 6.19. The molecule has 0 atom stereocenters. The van der Waals surface area contributed by atoms with Crippen molar-refractivity contribution in [2.24, 2.45) is 5.84 Å². The maximum absolute atomic E-state index is 6.19. The number of halogens is 2. The first-order valence-corrected chi connectivity index (χ1v) is 6.74. The lowest BCUT2D eigenvalue weighted by atomic mass is 10.2. The molecule has 0 saturated carbocycles. The number of rotatable bonds is 1. The fraction of sp³-hybridized carbons (Fsp3) is 0.364. The highest BCUT2D eigenvalue weighted by Crippen LogP contribution is 2.29. The molecule has 2 rings (SSSR count). The standard InChI is InChI=1S/C11H14Cl2N4S/c12-8-1-2-10(9(13)7-8)16-3-5-17(6-4-16)11(18)15-14/h1-2,7H,3-6,14H2,(H,15,18). The zero-order valence-electron chi connectivity index (χ0n) is 9.70. The van der Waals surface area contributed by atoms with Crippen LogP contribution in [0, 0.1) is 0 Å². The van der Waals surface area contributed by atoms with Crippen LogP contribution in [0.5, 0.6) is 0 Å². The van der Waals surface area contributed by atoms with Crippen LogP contribution in [-0.4, -0.2) is 36.2 Å². The Bertz CT molecular complexity index is 447. The molecule has 0 spiro atoms. The molecule has 7 heteroatoms. The number of benzene rings is 1. The van der Waals surface area contributed by atoms with E-state index in [1.807, 2.05) is 17.0 Å². The summed E-state index contributed by atoms with van der Waals surface area (Å²) in [6, 6.07) is 5.55. The van der Waals surface area contributed by atoms with Gasteiger partial charge in [0.25, 0.3) is 0 Å². The predicted octanol–water partition coefficient (Wildman–Crippen LogP) is 1.86. The van der Waals surface area contributed by atoms with Crippen LogP contribution < -0.4 is 16.2 Å². The van der Waals surface area contributed by atoms with E-state index >= 15 is 0 Å². The maximum Gasteiger partial charge on any atom is 0.183 e. The van der Waals surface area contributed by atoms with E-state index in [-0.39, 0.29) is 0 Å². The van der Waals surface area contributed by atoms with Crippen LogP contribution in [0.4, 0.5) is 5.69 Å². The Morgan fingerprint density at radius 1 is 1.22 bits per heavy atom. The van der Waals surface area contributed by atoms with Gasteiger partial charge in [-0.25, -0.2) is 5.84 Å². The number of anilines is 1. The third-order valence-electron chi connectivity index (χ3n) is 2.94. The van der Waals surface area contributed by atoms with E-state index in [2.05, 4.69) is 10.3 Å². The Morgan fingerprint density at radius 3 is 2.44 bits per heavy atom. The van der Waals surface area contributed by atoms with Crippen molar-refractivity contribution in [1.29, 1.82) is 0 Å². The molecule has 1 fully saturated rings. The van der Waals surface area contributed by atoms with E-state index in [9.17, 15) is 0 Å². The molecular formula is C11H14Cl2N4S. The van der Waals surface area contributed by atoms with Crippen molar-refractivity contribution in [1.82, 2.24) is 10.3 Å². The molecule has 1 saturated heterocycles. The van der Waals surface area contributed by atoms with Gasteiger partial charge in [-0.1, -0.05) is 23.2 Å². The smallest absolute Gasteiger partial charge is 0.183 e. The molecule has 3 N–H and O–H groups in total. The van der Waals surface area contributed by atoms with Crippen LogP contribution in [0.15, 0.2) is 18.2 Å². The third kappa shape index (κ3) is 2.98. The molecular weight excluding hydrogens is 291 g/mol. The number of hydrogen-bond acceptors (Lipinski definition) is 3. The summed E-state index contributed by atoms with van der Waals surface area (Å²) in [6.45, 7) is 3.34. The topological polar surface area (TPSA) is 44.5 Å². The van der Waals surface area contributed by atoms with Crippen molar-refractivity contribution in [3.8, 4) is 0 Å². The van der Waals surface area contributed by atoms with E-state index in [1.54, 1.807) is 6.07 Å². The van der Waals surface area contributed by atoms with Gasteiger partial charge in [0.2, 0.25) is 0 Å². The van der Waals surface area contributed by atoms with E-state index < -0.39 is 0 Å². The highest BCUT2D eigenvalue weighted by molar-refractivity contribution is 7.80. The number of thiocarbonyl (C=S) groups is 1. The number of hydrogen-bond donors (Lipinski definition) is 2. The zero-order chi connectivity index (χ0) is 13.1. The zero-order valence-corrected chi connectivity index (χ0v) is 12.0. The molecule has 4 nitrogen and oxygen atoms in total. The van der Waals surface area contributed by atoms with Crippen LogP contribution in [0.25, 0.3) is 0 Å². The summed E-state index contributed by atoms with van der Waals surface area (Å²) in [7, 11) is 0. The molecule has 1 aromatic rings. The first-order chi connectivity index (χ1) is 8.61. The van der Waals surface area contributed by atoms with Crippen LogP contribution in [0.2, 0.25) is 10.0 Å². The molecule has 1 heterocycles. The summed E-state index contributed by atoms with van der Waals surface area (Å²) in [4.78, 5) is 4.25. The fourth-order valence-electron chi connectivity index (χ4n) is 1.98. The SMILES string of the molecule is NNC(=S)N1CCN(c2ccc(Cl)cc2Cl)CC1. The van der Waals surface area contributed by atoms with Crippen LogP contribution in [0.1, 0.15) is 0 Å². The highest BCUT2D eigenvalue weighted by atomic mass is 35.5. The molecule has 0 aromatic heterocycles. The minimum Gasteiger partial charge on any atom is -0.367 e. The van der Waals surface area contributed by atoms with Crippen molar-refractivity contribution in [2.75, 3.05) is 31.1 Å². The summed E-state index contributed by atoms with van der Waals surface area (Å²) in [6.07, 6.45) is 0. The average molecular weight is 305 g/mol. The van der Waals surface area contributed by atoms with Crippen LogP contribution in [0.3, 0.4) is 0 Å². The van der Waals surface area contributed by atoms with Gasteiger partial charge in [0, 0.05) is 31.2 Å². The van der Waals surface area contributed by atoms with Crippen LogP contribution >= 0.6 is 35.4 Å². The van der Waals surface area contributed by atoms with Crippen LogP contribution in [-0.2, 0) is 0 Å². The van der Waals surface area contributed by atoms with Crippen molar-refractivity contribution >= 4 is 46.2 Å². The molecule has 18 heavy (non-hydrogen) atoms. The first kappa shape index (κ1) is 13.7. The van der Waals surface area contributed by atoms with E-state index in [4.69, 9.17) is 41.3 Å². The van der Waals surface area contributed by atoms with Crippen molar-refractivity contribution in [3.63, 3.8) is 0 Å². The van der Waals surface area contributed by atoms with Crippen molar-refractivity contribution in [2.45, 2.75) is 0 Å². The Morgan fingerprint density at radius 2 is 1.89 bits per heavy atom. The molecule has 0 radical (unpaired) electrons. The summed E-state index contributed by atoms with van der Waals surface area (Å²) in [5, 5.41) is 1.91. The average Bonchev–Trinajstić information content (AvgIpc) is 2.38. The van der Waals surface area contributed by atoms with Gasteiger partial charge in [-0.3, -0.25) is 0 Å². The summed E-state index contributed by atoms with van der Waals surface area (Å²) < 4.78 is 0. The molecule has 1 aliphatic rings. The number of hydrazine groups is 1. The van der Waals surface area contributed by atoms with Gasteiger partial charge in [0.05, 0.1) is 10.7 Å². The lowest BCUT2D eigenvalue weighted by Crippen LogP contribution is -2.53. The fourth-order valence-corrected chi connectivity index (χ4v) is 2.69. The van der Waals surface area contributed by atoms with Gasteiger partial charge in [-0.2, -0.15) is 0 Å². The molecule has 1 aromatic carbocycles. The van der Waals surface area contributed by atoms with Crippen molar-refractivity contribution < 1.29 is 0 Å². The van der Waals surface area contributed by atoms with Crippen molar-refractivity contribution in [3.05, 3.63) is 28.2 Å². The minimum atomic E-state index is 0.580. The monoisotopic (exact) mass is 304 g/mol. The second kappa shape index (κ2) is 5.93. The van der Waals surface area contributed by atoms with E-state index in [0.29, 0.717) is 15.2 Å². The number of piperazine rings is 1. The van der Waals surface area contributed by atoms with Gasteiger partial charge in [0.15, 0.2) is 5.11 Å². The molecule has 1 aliphatic heterocycles. The van der Waals surface area contributed by atoms with Gasteiger partial charge in [-0.05, 0) is 30.4 Å². The number of nitrogens with two attached hydrogens (primary N) is 1. The largest absolute Gasteiger partial charge is 0.367 e. The molecule has 0 amide bonds. The molecule has 98 valence electrons. The quantitative estimate of drug-likeness (QED) is 0.471. The Kier molecular flexibility index (Phi) is 4.50. The Labute approximate surface area is 122 Å². The summed E-state index contributed by atoms with van der Waals surface area (Å²) in [5.41, 5.74) is 3.51. The van der Waals surface area contributed by atoms with E-state index in [1.165, 1.54) is 0 Å². The molecule has 0 unspecified atom stereocenters. The number of nitrogens with zero attached hydrogens (tertiary/aromatic N) is 2. The van der Waals surface area contributed by atoms with Gasteiger partial charge in [-0.15, -0.1) is 0 Å². The lowest BCUT2D eigenvalue weighted by Gasteiger charge is -2.37. The third-order valence-corrected chi connectivity index (χ3v) is 3.85. The van der Waals surface area contributed by atoms with Gasteiger partial charge < -0.3 is 15.2 Å². The Hall–Kier alpha value is -0.750. The highest BCUT2D eigenvalue weighted by Gasteiger charge is 2.20. The molecule has 0 aliphatic carbocycles. The van der Waals surface area contributed by atoms with E-state index in [0.717, 1.165) is 31.9 Å². The number of nitrogens with one attached hydrogen (secondary N) is 1. The Balaban J connectivity index is 2.03. The predicted molar refractivity (Wildman–Crippen MR) is 80.2 cm³/mol.